The number of amides is 1. The van der Waals surface area contributed by atoms with Gasteiger partial charge in [0.05, 0.1) is 4.99 Å². The molecule has 0 fully saturated rings. The topological polar surface area (TPSA) is 58.4 Å². The minimum Gasteiger partial charge on any atom is -0.393 e. The number of hydrogen-bond donors (Lipinski definition) is 2. The van der Waals surface area contributed by atoms with Gasteiger partial charge in [-0.1, -0.05) is 19.1 Å². The van der Waals surface area contributed by atoms with E-state index in [1.54, 1.807) is 0 Å². The van der Waals surface area contributed by atoms with Crippen LogP contribution in [0.1, 0.15) is 26.7 Å². The fraction of sp³-hybridized carbons (Fsp3) is 0.800. The molecule has 0 aliphatic heterocycles. The Morgan fingerprint density at radius 2 is 1.93 bits per heavy atom. The maximum atomic E-state index is 11.2. The molecule has 0 rings (SSSR count). The van der Waals surface area contributed by atoms with Crippen molar-refractivity contribution in [3.05, 3.63) is 0 Å². The second-order valence-electron chi connectivity index (χ2n) is 3.35. The van der Waals surface area contributed by atoms with Gasteiger partial charge >= 0.3 is 0 Å². The van der Waals surface area contributed by atoms with E-state index in [4.69, 9.17) is 18.0 Å². The van der Waals surface area contributed by atoms with Crippen molar-refractivity contribution in [2.24, 2.45) is 5.73 Å². The summed E-state index contributed by atoms with van der Waals surface area (Å²) in [5.41, 5.74) is 5.42. The summed E-state index contributed by atoms with van der Waals surface area (Å²) < 4.78 is 0. The third-order valence-corrected chi connectivity index (χ3v) is 2.35. The molecule has 0 aromatic rings. The second-order valence-corrected chi connectivity index (χ2v) is 3.88. The first-order valence-corrected chi connectivity index (χ1v) is 5.78. The lowest BCUT2D eigenvalue weighted by Gasteiger charge is -2.19. The third-order valence-electron chi connectivity index (χ3n) is 2.15. The normalized spacial score (nSPS) is 10.3. The highest BCUT2D eigenvalue weighted by atomic mass is 32.1. The van der Waals surface area contributed by atoms with E-state index in [0.717, 1.165) is 26.1 Å². The number of thiocarbonyl (C=S) groups is 1. The first-order valence-electron chi connectivity index (χ1n) is 5.37. The highest BCUT2D eigenvalue weighted by Crippen LogP contribution is 1.94. The molecule has 15 heavy (non-hydrogen) atoms. The van der Waals surface area contributed by atoms with Gasteiger partial charge in [0.15, 0.2) is 0 Å². The molecule has 0 atom stereocenters. The highest BCUT2D eigenvalue weighted by molar-refractivity contribution is 7.80. The molecule has 0 radical (unpaired) electrons. The van der Waals surface area contributed by atoms with Crippen molar-refractivity contribution >= 4 is 23.1 Å². The summed E-state index contributed by atoms with van der Waals surface area (Å²) in [6.45, 7) is 7.20. The number of carbonyl (C=O) groups is 1. The van der Waals surface area contributed by atoms with Crippen molar-refractivity contribution in [3.63, 3.8) is 0 Å². The van der Waals surface area contributed by atoms with Gasteiger partial charge in [0.1, 0.15) is 0 Å². The van der Waals surface area contributed by atoms with Gasteiger partial charge < -0.3 is 16.0 Å². The SMILES string of the molecule is CCNC(=O)CCN(CC)CCC(N)=S. The van der Waals surface area contributed by atoms with E-state index in [0.29, 0.717) is 18.0 Å². The molecule has 0 heterocycles. The number of nitrogens with zero attached hydrogens (tertiary/aromatic N) is 1. The zero-order valence-electron chi connectivity index (χ0n) is 9.58. The fourth-order valence-corrected chi connectivity index (χ4v) is 1.33. The molecule has 0 saturated carbocycles. The van der Waals surface area contributed by atoms with Gasteiger partial charge in [-0.3, -0.25) is 4.79 Å². The Balaban J connectivity index is 3.69. The van der Waals surface area contributed by atoms with Gasteiger partial charge in [0, 0.05) is 32.5 Å². The third kappa shape index (κ3) is 8.32. The number of nitrogens with two attached hydrogens (primary N) is 1. The summed E-state index contributed by atoms with van der Waals surface area (Å²) in [5, 5.41) is 2.77. The zero-order valence-corrected chi connectivity index (χ0v) is 10.4. The lowest BCUT2D eigenvalue weighted by Crippen LogP contribution is -2.32. The molecule has 0 saturated heterocycles. The minimum atomic E-state index is 0.103. The van der Waals surface area contributed by atoms with E-state index in [1.807, 2.05) is 6.92 Å². The molecule has 5 heteroatoms. The number of carbonyl (C=O) groups excluding carboxylic acids is 1. The lowest BCUT2D eigenvalue weighted by atomic mass is 10.3. The number of hydrogen-bond acceptors (Lipinski definition) is 3. The van der Waals surface area contributed by atoms with Crippen LogP contribution in [0.4, 0.5) is 0 Å². The smallest absolute Gasteiger partial charge is 0.221 e. The average Bonchev–Trinajstić information content (AvgIpc) is 2.18. The number of rotatable bonds is 8. The van der Waals surface area contributed by atoms with E-state index in [1.165, 1.54) is 0 Å². The molecule has 1 amide bonds. The Morgan fingerprint density at radius 3 is 2.40 bits per heavy atom. The summed E-state index contributed by atoms with van der Waals surface area (Å²) in [6, 6.07) is 0. The Morgan fingerprint density at radius 1 is 1.33 bits per heavy atom. The van der Waals surface area contributed by atoms with E-state index >= 15 is 0 Å². The van der Waals surface area contributed by atoms with Crippen molar-refractivity contribution in [2.45, 2.75) is 26.7 Å². The molecule has 0 unspecified atom stereocenters. The minimum absolute atomic E-state index is 0.103. The fourth-order valence-electron chi connectivity index (χ4n) is 1.24. The maximum Gasteiger partial charge on any atom is 0.221 e. The lowest BCUT2D eigenvalue weighted by molar-refractivity contribution is -0.121. The van der Waals surface area contributed by atoms with E-state index < -0.39 is 0 Å². The van der Waals surface area contributed by atoms with Crippen LogP contribution in [0, 0.1) is 0 Å². The Kier molecular flexibility index (Phi) is 8.22. The van der Waals surface area contributed by atoms with Crippen LogP contribution < -0.4 is 11.1 Å². The van der Waals surface area contributed by atoms with Gasteiger partial charge in [0.25, 0.3) is 0 Å². The Hall–Kier alpha value is -0.680. The standard InChI is InChI=1S/C10H21N3OS/c1-3-12-10(14)6-8-13(4-2)7-5-9(11)15/h3-8H2,1-2H3,(H2,11,15)(H,12,14). The molecule has 0 aromatic carbocycles. The van der Waals surface area contributed by atoms with Gasteiger partial charge in [-0.2, -0.15) is 0 Å². The van der Waals surface area contributed by atoms with E-state index in [9.17, 15) is 4.79 Å². The van der Waals surface area contributed by atoms with Gasteiger partial charge in [-0.25, -0.2) is 0 Å². The van der Waals surface area contributed by atoms with Crippen molar-refractivity contribution in [1.82, 2.24) is 10.2 Å². The summed E-state index contributed by atoms with van der Waals surface area (Å²) >= 11 is 4.81. The predicted octanol–water partition coefficient (Wildman–Crippen LogP) is 0.511. The molecule has 4 nitrogen and oxygen atoms in total. The first-order chi connectivity index (χ1) is 7.10. The quantitative estimate of drug-likeness (QED) is 0.598. The average molecular weight is 231 g/mol. The number of nitrogens with one attached hydrogen (secondary N) is 1. The maximum absolute atomic E-state index is 11.2. The van der Waals surface area contributed by atoms with Crippen LogP contribution in [-0.4, -0.2) is 42.0 Å². The molecule has 0 bridgehead atoms. The van der Waals surface area contributed by atoms with Crippen LogP contribution in [0.25, 0.3) is 0 Å². The molecule has 88 valence electrons. The van der Waals surface area contributed by atoms with Crippen molar-refractivity contribution < 1.29 is 4.79 Å². The van der Waals surface area contributed by atoms with Crippen LogP contribution >= 0.6 is 12.2 Å². The zero-order chi connectivity index (χ0) is 11.7. The van der Waals surface area contributed by atoms with Crippen LogP contribution in [0.3, 0.4) is 0 Å². The van der Waals surface area contributed by atoms with Crippen molar-refractivity contribution in [1.29, 1.82) is 0 Å². The summed E-state index contributed by atoms with van der Waals surface area (Å²) in [4.78, 5) is 13.9. The summed E-state index contributed by atoms with van der Waals surface area (Å²) in [5.74, 6) is 0.103. The molecule has 0 spiro atoms. The first kappa shape index (κ1) is 14.3. The summed E-state index contributed by atoms with van der Waals surface area (Å²) in [6.07, 6.45) is 1.26. The van der Waals surface area contributed by atoms with Crippen LogP contribution in [-0.2, 0) is 4.79 Å². The molecule has 0 aliphatic rings. The molecule has 0 aliphatic carbocycles. The van der Waals surface area contributed by atoms with Gasteiger partial charge in [0.2, 0.25) is 5.91 Å². The second kappa shape index (κ2) is 8.61. The molecule has 3 N–H and O–H groups in total. The van der Waals surface area contributed by atoms with Crippen molar-refractivity contribution in [3.8, 4) is 0 Å². The molecular weight excluding hydrogens is 210 g/mol. The monoisotopic (exact) mass is 231 g/mol. The molecule has 0 aromatic heterocycles. The highest BCUT2D eigenvalue weighted by Gasteiger charge is 2.05. The van der Waals surface area contributed by atoms with Crippen LogP contribution in [0.15, 0.2) is 0 Å². The van der Waals surface area contributed by atoms with E-state index in [2.05, 4.69) is 17.1 Å². The van der Waals surface area contributed by atoms with Gasteiger partial charge in [-0.05, 0) is 13.5 Å². The Labute approximate surface area is 97.2 Å². The Bertz CT molecular complexity index is 209. The van der Waals surface area contributed by atoms with Crippen molar-refractivity contribution in [2.75, 3.05) is 26.2 Å². The molecular formula is C10H21N3OS. The van der Waals surface area contributed by atoms with Crippen LogP contribution in [0.5, 0.6) is 0 Å². The summed E-state index contributed by atoms with van der Waals surface area (Å²) in [7, 11) is 0. The van der Waals surface area contributed by atoms with E-state index in [-0.39, 0.29) is 5.91 Å². The van der Waals surface area contributed by atoms with Crippen LogP contribution in [0.2, 0.25) is 0 Å². The van der Waals surface area contributed by atoms with Gasteiger partial charge in [-0.15, -0.1) is 0 Å². The largest absolute Gasteiger partial charge is 0.393 e. The predicted molar refractivity (Wildman–Crippen MR) is 66.8 cm³/mol.